The zero-order valence-corrected chi connectivity index (χ0v) is 10.0. The molecule has 0 aliphatic rings. The van der Waals surface area contributed by atoms with Gasteiger partial charge in [0.2, 0.25) is 0 Å². The van der Waals surface area contributed by atoms with Crippen molar-refractivity contribution in [2.24, 2.45) is 0 Å². The number of carboxylic acids is 1. The summed E-state index contributed by atoms with van der Waals surface area (Å²) in [5, 5.41) is 9.78. The van der Waals surface area contributed by atoms with Crippen LogP contribution < -0.4 is 0 Å². The van der Waals surface area contributed by atoms with Crippen LogP contribution >= 0.6 is 0 Å². The molecule has 0 radical (unpaired) electrons. The molecule has 0 atom stereocenters. The number of hydrogen-bond donors (Lipinski definition) is 1. The highest BCUT2D eigenvalue weighted by molar-refractivity contribution is 5.83. The first-order valence-electron chi connectivity index (χ1n) is 5.65. The van der Waals surface area contributed by atoms with Gasteiger partial charge in [-0.2, -0.15) is 0 Å². The number of carbonyl (C=O) groups is 1. The highest BCUT2D eigenvalue weighted by Gasteiger charge is 2.04. The van der Waals surface area contributed by atoms with Crippen LogP contribution in [0.2, 0.25) is 0 Å². The lowest BCUT2D eigenvalue weighted by atomic mass is 10.0. The lowest BCUT2D eigenvalue weighted by molar-refractivity contribution is -0.136. The molecule has 0 saturated heterocycles. The van der Waals surface area contributed by atoms with Crippen LogP contribution in [0.5, 0.6) is 0 Å². The number of fused-ring (bicyclic) bond motifs is 1. The Bertz CT molecular complexity index is 576. The second-order valence-electron chi connectivity index (χ2n) is 4.33. The second-order valence-corrected chi connectivity index (χ2v) is 4.33. The van der Waals surface area contributed by atoms with E-state index in [0.29, 0.717) is 6.42 Å². The quantitative estimate of drug-likeness (QED) is 0.880. The van der Waals surface area contributed by atoms with Crippen LogP contribution in [0.1, 0.15) is 23.2 Å². The number of carboxylic acid groups (broad SMARTS) is 1. The molecule has 17 heavy (non-hydrogen) atoms. The summed E-state index contributed by atoms with van der Waals surface area (Å²) in [5.74, 6) is -0.760. The average molecular weight is 229 g/mol. The highest BCUT2D eigenvalue weighted by Crippen LogP contribution is 2.20. The molecule has 2 rings (SSSR count). The number of aromatic nitrogens is 1. The van der Waals surface area contributed by atoms with Gasteiger partial charge in [-0.15, -0.1) is 0 Å². The molecular formula is C14H15NO2. The van der Waals surface area contributed by atoms with E-state index in [9.17, 15) is 4.79 Å². The highest BCUT2D eigenvalue weighted by atomic mass is 16.4. The molecule has 0 spiro atoms. The Morgan fingerprint density at radius 1 is 1.29 bits per heavy atom. The van der Waals surface area contributed by atoms with Gasteiger partial charge in [0.25, 0.3) is 0 Å². The summed E-state index contributed by atoms with van der Waals surface area (Å²) in [6, 6.07) is 8.01. The molecule has 3 nitrogen and oxygen atoms in total. The molecule has 2 aromatic rings. The summed E-state index contributed by atoms with van der Waals surface area (Å²) in [7, 11) is 0. The second kappa shape index (κ2) is 4.53. The number of aliphatic carboxylic acids is 1. The summed E-state index contributed by atoms with van der Waals surface area (Å²) in [6.45, 7) is 4.03. The van der Waals surface area contributed by atoms with Crippen LogP contribution in [0.25, 0.3) is 10.9 Å². The number of aryl methyl sites for hydroxylation is 3. The maximum absolute atomic E-state index is 10.5. The fourth-order valence-electron chi connectivity index (χ4n) is 2.02. The van der Waals surface area contributed by atoms with Crippen molar-refractivity contribution in [3.8, 4) is 0 Å². The van der Waals surface area contributed by atoms with Gasteiger partial charge in [0, 0.05) is 17.5 Å². The molecule has 1 aromatic heterocycles. The number of benzene rings is 1. The molecule has 0 aliphatic carbocycles. The topological polar surface area (TPSA) is 50.2 Å². The zero-order chi connectivity index (χ0) is 12.4. The Balaban J connectivity index is 2.40. The van der Waals surface area contributed by atoms with E-state index in [4.69, 9.17) is 5.11 Å². The zero-order valence-electron chi connectivity index (χ0n) is 10.0. The van der Waals surface area contributed by atoms with Crippen molar-refractivity contribution in [1.29, 1.82) is 0 Å². The molecule has 0 unspecified atom stereocenters. The summed E-state index contributed by atoms with van der Waals surface area (Å²) >= 11 is 0. The first-order chi connectivity index (χ1) is 8.06. The van der Waals surface area contributed by atoms with E-state index in [0.717, 1.165) is 22.2 Å². The van der Waals surface area contributed by atoms with E-state index < -0.39 is 5.97 Å². The molecule has 1 heterocycles. The minimum absolute atomic E-state index is 0.170. The standard InChI is InChI=1S/C14H15NO2/c1-9-7-10(2)15-13-5-3-11(8-12(9)13)4-6-14(16)17/h3,5,7-8H,4,6H2,1-2H3,(H,16,17). The van der Waals surface area contributed by atoms with Gasteiger partial charge in [-0.25, -0.2) is 0 Å². The van der Waals surface area contributed by atoms with Gasteiger partial charge in [-0.3, -0.25) is 9.78 Å². The van der Waals surface area contributed by atoms with Crippen molar-refractivity contribution in [2.45, 2.75) is 26.7 Å². The van der Waals surface area contributed by atoms with E-state index >= 15 is 0 Å². The summed E-state index contributed by atoms with van der Waals surface area (Å²) in [5.41, 5.74) is 4.22. The van der Waals surface area contributed by atoms with Crippen molar-refractivity contribution >= 4 is 16.9 Å². The summed E-state index contributed by atoms with van der Waals surface area (Å²) < 4.78 is 0. The maximum atomic E-state index is 10.5. The molecule has 0 amide bonds. The van der Waals surface area contributed by atoms with Gasteiger partial charge >= 0.3 is 5.97 Å². The first kappa shape index (κ1) is 11.6. The number of rotatable bonds is 3. The Morgan fingerprint density at radius 3 is 2.76 bits per heavy atom. The normalized spacial score (nSPS) is 10.7. The van der Waals surface area contributed by atoms with Crippen molar-refractivity contribution in [1.82, 2.24) is 4.98 Å². The third kappa shape index (κ3) is 2.61. The van der Waals surface area contributed by atoms with Crippen molar-refractivity contribution in [3.63, 3.8) is 0 Å². The molecule has 3 heteroatoms. The molecular weight excluding hydrogens is 214 g/mol. The van der Waals surface area contributed by atoms with Gasteiger partial charge in [0.05, 0.1) is 5.52 Å². The van der Waals surface area contributed by atoms with Gasteiger partial charge in [0.1, 0.15) is 0 Å². The molecule has 0 bridgehead atoms. The van der Waals surface area contributed by atoms with Gasteiger partial charge < -0.3 is 5.11 Å². The SMILES string of the molecule is Cc1cc(C)c2cc(CCC(=O)O)ccc2n1. The van der Waals surface area contributed by atoms with Crippen molar-refractivity contribution in [2.75, 3.05) is 0 Å². The summed E-state index contributed by atoms with van der Waals surface area (Å²) in [4.78, 5) is 15.0. The predicted octanol–water partition coefficient (Wildman–Crippen LogP) is 2.87. The van der Waals surface area contributed by atoms with Crippen LogP contribution in [-0.2, 0) is 11.2 Å². The molecule has 1 N–H and O–H groups in total. The molecule has 88 valence electrons. The number of nitrogens with zero attached hydrogens (tertiary/aromatic N) is 1. The molecule has 0 aliphatic heterocycles. The molecule has 0 fully saturated rings. The van der Waals surface area contributed by atoms with Gasteiger partial charge in [-0.1, -0.05) is 6.07 Å². The Hall–Kier alpha value is -1.90. The van der Waals surface area contributed by atoms with Gasteiger partial charge in [0.15, 0.2) is 0 Å². The largest absolute Gasteiger partial charge is 0.481 e. The minimum Gasteiger partial charge on any atom is -0.481 e. The van der Waals surface area contributed by atoms with Crippen molar-refractivity contribution < 1.29 is 9.90 Å². The van der Waals surface area contributed by atoms with Crippen LogP contribution in [0.15, 0.2) is 24.3 Å². The van der Waals surface area contributed by atoms with Crippen molar-refractivity contribution in [3.05, 3.63) is 41.1 Å². The van der Waals surface area contributed by atoms with E-state index in [2.05, 4.69) is 11.9 Å². The van der Waals surface area contributed by atoms with Crippen LogP contribution in [0.4, 0.5) is 0 Å². The summed E-state index contributed by atoms with van der Waals surface area (Å²) in [6.07, 6.45) is 0.739. The molecule has 0 saturated carbocycles. The molecule has 1 aromatic carbocycles. The van der Waals surface area contributed by atoms with Crippen LogP contribution in [0, 0.1) is 13.8 Å². The number of pyridine rings is 1. The van der Waals surface area contributed by atoms with E-state index in [1.807, 2.05) is 31.2 Å². The fourth-order valence-corrected chi connectivity index (χ4v) is 2.02. The van der Waals surface area contributed by atoms with E-state index in [1.165, 1.54) is 5.56 Å². The Kier molecular flexibility index (Phi) is 3.09. The van der Waals surface area contributed by atoms with Gasteiger partial charge in [-0.05, 0) is 49.6 Å². The monoisotopic (exact) mass is 229 g/mol. The van der Waals surface area contributed by atoms with E-state index in [1.54, 1.807) is 0 Å². The van der Waals surface area contributed by atoms with E-state index in [-0.39, 0.29) is 6.42 Å². The third-order valence-corrected chi connectivity index (χ3v) is 2.84. The fraction of sp³-hybridized carbons (Fsp3) is 0.286. The number of hydrogen-bond acceptors (Lipinski definition) is 2. The lowest BCUT2D eigenvalue weighted by Crippen LogP contribution is -1.97. The Morgan fingerprint density at radius 2 is 2.06 bits per heavy atom. The average Bonchev–Trinajstić information content (AvgIpc) is 2.26. The maximum Gasteiger partial charge on any atom is 0.303 e. The predicted molar refractivity (Wildman–Crippen MR) is 67.2 cm³/mol. The Labute approximate surface area is 100 Å². The third-order valence-electron chi connectivity index (χ3n) is 2.84. The van der Waals surface area contributed by atoms with Crippen LogP contribution in [-0.4, -0.2) is 16.1 Å². The lowest BCUT2D eigenvalue weighted by Gasteiger charge is -2.06. The minimum atomic E-state index is -0.760. The smallest absolute Gasteiger partial charge is 0.303 e. The van der Waals surface area contributed by atoms with Crippen LogP contribution in [0.3, 0.4) is 0 Å². The first-order valence-corrected chi connectivity index (χ1v) is 5.65.